The van der Waals surface area contributed by atoms with Gasteiger partial charge in [-0.25, -0.2) is 0 Å². The molecule has 3 nitrogen and oxygen atoms in total. The second-order valence-electron chi connectivity index (χ2n) is 5.43. The number of alkyl halides is 1. The van der Waals surface area contributed by atoms with Crippen LogP contribution in [0.4, 0.5) is 5.82 Å². The molecular formula is C15H18ClN3. The summed E-state index contributed by atoms with van der Waals surface area (Å²) in [5, 5.41) is 14.5. The number of nitrogens with zero attached hydrogens (tertiary/aromatic N) is 2. The zero-order valence-corrected chi connectivity index (χ0v) is 11.9. The van der Waals surface area contributed by atoms with Gasteiger partial charge in [0.1, 0.15) is 0 Å². The van der Waals surface area contributed by atoms with Crippen LogP contribution in [0.25, 0.3) is 10.8 Å². The summed E-state index contributed by atoms with van der Waals surface area (Å²) in [6, 6.07) is 8.26. The van der Waals surface area contributed by atoms with Gasteiger partial charge in [0, 0.05) is 16.7 Å². The third-order valence-electron chi connectivity index (χ3n) is 4.07. The van der Waals surface area contributed by atoms with E-state index >= 15 is 0 Å². The molecule has 1 saturated carbocycles. The average molecular weight is 276 g/mol. The predicted octanol–water partition coefficient (Wildman–Crippen LogP) is 3.90. The molecule has 0 amide bonds. The van der Waals surface area contributed by atoms with E-state index in [4.69, 9.17) is 11.6 Å². The van der Waals surface area contributed by atoms with E-state index in [1.165, 1.54) is 12.8 Å². The smallest absolute Gasteiger partial charge is 0.157 e. The third kappa shape index (κ3) is 2.27. The van der Waals surface area contributed by atoms with Crippen molar-refractivity contribution in [2.45, 2.75) is 38.1 Å². The monoisotopic (exact) mass is 275 g/mol. The maximum absolute atomic E-state index is 6.19. The van der Waals surface area contributed by atoms with E-state index in [0.29, 0.717) is 5.88 Å². The minimum absolute atomic E-state index is 0.00569. The highest BCUT2D eigenvalue weighted by atomic mass is 35.5. The maximum Gasteiger partial charge on any atom is 0.157 e. The lowest BCUT2D eigenvalue weighted by atomic mass is 10.00. The Kier molecular flexibility index (Phi) is 3.31. The van der Waals surface area contributed by atoms with Gasteiger partial charge in [-0.05, 0) is 19.8 Å². The molecule has 1 fully saturated rings. The van der Waals surface area contributed by atoms with Gasteiger partial charge in [0.15, 0.2) is 5.82 Å². The molecule has 19 heavy (non-hydrogen) atoms. The molecule has 1 aliphatic rings. The molecule has 1 aliphatic carbocycles. The van der Waals surface area contributed by atoms with Gasteiger partial charge in [0.05, 0.1) is 11.2 Å². The van der Waals surface area contributed by atoms with E-state index in [1.54, 1.807) is 0 Å². The van der Waals surface area contributed by atoms with Crippen LogP contribution in [0.3, 0.4) is 0 Å². The maximum atomic E-state index is 6.19. The van der Waals surface area contributed by atoms with E-state index in [9.17, 15) is 0 Å². The first-order valence-electron chi connectivity index (χ1n) is 6.80. The first-order chi connectivity index (χ1) is 9.24. The van der Waals surface area contributed by atoms with Crippen molar-refractivity contribution in [1.29, 1.82) is 0 Å². The number of rotatable bonds is 3. The van der Waals surface area contributed by atoms with Gasteiger partial charge in [-0.1, -0.05) is 37.1 Å². The van der Waals surface area contributed by atoms with E-state index < -0.39 is 0 Å². The van der Waals surface area contributed by atoms with Crippen LogP contribution in [-0.4, -0.2) is 21.6 Å². The van der Waals surface area contributed by atoms with Crippen LogP contribution in [0.5, 0.6) is 0 Å². The van der Waals surface area contributed by atoms with Crippen molar-refractivity contribution in [2.75, 3.05) is 11.2 Å². The Morgan fingerprint density at radius 2 is 1.84 bits per heavy atom. The van der Waals surface area contributed by atoms with Gasteiger partial charge in [-0.3, -0.25) is 0 Å². The van der Waals surface area contributed by atoms with Crippen molar-refractivity contribution < 1.29 is 0 Å². The third-order valence-corrected chi connectivity index (χ3v) is 4.58. The number of halogens is 1. The Morgan fingerprint density at radius 3 is 2.53 bits per heavy atom. The highest BCUT2D eigenvalue weighted by Crippen LogP contribution is 2.35. The zero-order valence-electron chi connectivity index (χ0n) is 11.1. The lowest BCUT2D eigenvalue weighted by Crippen LogP contribution is -2.37. The molecule has 0 atom stereocenters. The second-order valence-corrected chi connectivity index (χ2v) is 5.69. The topological polar surface area (TPSA) is 37.8 Å². The molecule has 0 saturated heterocycles. The largest absolute Gasteiger partial charge is 0.361 e. The van der Waals surface area contributed by atoms with Crippen molar-refractivity contribution >= 4 is 28.2 Å². The second kappa shape index (κ2) is 4.97. The van der Waals surface area contributed by atoms with Gasteiger partial charge in [0.25, 0.3) is 0 Å². The van der Waals surface area contributed by atoms with E-state index in [2.05, 4.69) is 27.6 Å². The molecule has 1 aromatic carbocycles. The van der Waals surface area contributed by atoms with Crippen molar-refractivity contribution in [3.63, 3.8) is 0 Å². The first-order valence-corrected chi connectivity index (χ1v) is 7.34. The highest BCUT2D eigenvalue weighted by molar-refractivity contribution is 6.19. The molecule has 3 rings (SSSR count). The fourth-order valence-electron chi connectivity index (χ4n) is 2.93. The van der Waals surface area contributed by atoms with Crippen molar-refractivity contribution in [1.82, 2.24) is 10.2 Å². The summed E-state index contributed by atoms with van der Waals surface area (Å²) in [5.41, 5.74) is 0.960. The summed E-state index contributed by atoms with van der Waals surface area (Å²) in [6.45, 7) is 1.99. The molecule has 1 heterocycles. The quantitative estimate of drug-likeness (QED) is 0.863. The summed E-state index contributed by atoms with van der Waals surface area (Å²) >= 11 is 6.19. The number of nitrogens with one attached hydrogen (secondary N) is 1. The fourth-order valence-corrected chi connectivity index (χ4v) is 3.26. The van der Waals surface area contributed by atoms with Crippen molar-refractivity contribution in [2.24, 2.45) is 0 Å². The number of benzene rings is 1. The summed E-state index contributed by atoms with van der Waals surface area (Å²) < 4.78 is 0. The lowest BCUT2D eigenvalue weighted by Gasteiger charge is -2.28. The SMILES string of the molecule is Cc1nnc(NC2(CCl)CCCC2)c2ccccc12. The van der Waals surface area contributed by atoms with Crippen LogP contribution in [0.2, 0.25) is 0 Å². The fraction of sp³-hybridized carbons (Fsp3) is 0.467. The summed E-state index contributed by atoms with van der Waals surface area (Å²) in [7, 11) is 0. The number of hydrogen-bond donors (Lipinski definition) is 1. The summed E-state index contributed by atoms with van der Waals surface area (Å²) in [5.74, 6) is 1.49. The molecule has 0 unspecified atom stereocenters. The number of aromatic nitrogens is 2. The van der Waals surface area contributed by atoms with Gasteiger partial charge < -0.3 is 5.32 Å². The number of fused-ring (bicyclic) bond motifs is 1. The molecule has 1 N–H and O–H groups in total. The van der Waals surface area contributed by atoms with Crippen LogP contribution < -0.4 is 5.32 Å². The van der Waals surface area contributed by atoms with Crippen molar-refractivity contribution in [3.8, 4) is 0 Å². The standard InChI is InChI=1S/C15H18ClN3/c1-11-12-6-2-3-7-13(12)14(19-18-11)17-15(10-16)8-4-5-9-15/h2-3,6-7H,4-5,8-10H2,1H3,(H,17,19). The van der Waals surface area contributed by atoms with E-state index in [1.807, 2.05) is 19.1 Å². The minimum atomic E-state index is -0.00569. The van der Waals surface area contributed by atoms with Crippen molar-refractivity contribution in [3.05, 3.63) is 30.0 Å². The molecular weight excluding hydrogens is 258 g/mol. The van der Waals surface area contributed by atoms with Gasteiger partial charge in [-0.15, -0.1) is 16.7 Å². The average Bonchev–Trinajstić information content (AvgIpc) is 2.92. The predicted molar refractivity (Wildman–Crippen MR) is 79.8 cm³/mol. The molecule has 1 aromatic heterocycles. The Bertz CT molecular complexity index is 591. The first kappa shape index (κ1) is 12.7. The van der Waals surface area contributed by atoms with Crippen LogP contribution in [0.15, 0.2) is 24.3 Å². The van der Waals surface area contributed by atoms with Gasteiger partial charge in [-0.2, -0.15) is 5.10 Å². The Balaban J connectivity index is 2.03. The normalized spacial score (nSPS) is 17.8. The zero-order chi connectivity index (χ0) is 13.3. The molecule has 4 heteroatoms. The molecule has 0 spiro atoms. The molecule has 0 bridgehead atoms. The van der Waals surface area contributed by atoms with Crippen LogP contribution in [0, 0.1) is 6.92 Å². The van der Waals surface area contributed by atoms with E-state index in [-0.39, 0.29) is 5.54 Å². The number of aryl methyl sites for hydroxylation is 1. The molecule has 2 aromatic rings. The van der Waals surface area contributed by atoms with Gasteiger partial charge in [0.2, 0.25) is 0 Å². The molecule has 100 valence electrons. The minimum Gasteiger partial charge on any atom is -0.361 e. The Labute approximate surface area is 118 Å². The van der Waals surface area contributed by atoms with Crippen LogP contribution in [-0.2, 0) is 0 Å². The van der Waals surface area contributed by atoms with Gasteiger partial charge >= 0.3 is 0 Å². The van der Waals surface area contributed by atoms with Crippen LogP contribution >= 0.6 is 11.6 Å². The summed E-state index contributed by atoms with van der Waals surface area (Å²) in [4.78, 5) is 0. The van der Waals surface area contributed by atoms with Crippen LogP contribution in [0.1, 0.15) is 31.4 Å². The number of anilines is 1. The lowest BCUT2D eigenvalue weighted by molar-refractivity contribution is 0.537. The Hall–Kier alpha value is -1.35. The number of hydrogen-bond acceptors (Lipinski definition) is 3. The highest BCUT2D eigenvalue weighted by Gasteiger charge is 2.33. The Morgan fingerprint density at radius 1 is 1.16 bits per heavy atom. The summed E-state index contributed by atoms with van der Waals surface area (Å²) in [6.07, 6.45) is 4.69. The van der Waals surface area contributed by atoms with E-state index in [0.717, 1.165) is 35.1 Å². The molecule has 0 aliphatic heterocycles. The molecule has 0 radical (unpaired) electrons.